The summed E-state index contributed by atoms with van der Waals surface area (Å²) in [6.45, 7) is 0.816. The first-order valence-electron chi connectivity index (χ1n) is 6.88. The van der Waals surface area contributed by atoms with Gasteiger partial charge in [0.05, 0.1) is 5.56 Å². The van der Waals surface area contributed by atoms with Crippen LogP contribution in [0.4, 0.5) is 19.0 Å². The third-order valence-corrected chi connectivity index (χ3v) is 3.94. The number of aliphatic hydroxyl groups is 1. The lowest BCUT2D eigenvalue weighted by molar-refractivity contribution is -0.137. The van der Waals surface area contributed by atoms with Crippen molar-refractivity contribution in [1.82, 2.24) is 4.98 Å². The quantitative estimate of drug-likeness (QED) is 0.893. The predicted octanol–water partition coefficient (Wildman–Crippen LogP) is 3.31. The van der Waals surface area contributed by atoms with Crippen LogP contribution < -0.4 is 5.32 Å². The smallest absolute Gasteiger partial charge is 0.396 e. The molecular weight excluding hydrogens is 269 g/mol. The van der Waals surface area contributed by atoms with E-state index in [0.29, 0.717) is 18.3 Å². The number of alkyl halides is 3. The van der Waals surface area contributed by atoms with Crippen molar-refractivity contribution >= 4 is 5.82 Å². The van der Waals surface area contributed by atoms with Crippen LogP contribution >= 0.6 is 0 Å². The van der Waals surface area contributed by atoms with Crippen molar-refractivity contribution in [2.24, 2.45) is 11.8 Å². The van der Waals surface area contributed by atoms with Gasteiger partial charge in [-0.2, -0.15) is 13.2 Å². The first-order valence-corrected chi connectivity index (χ1v) is 6.88. The summed E-state index contributed by atoms with van der Waals surface area (Å²) >= 11 is 0. The second-order valence-corrected chi connectivity index (χ2v) is 5.30. The van der Waals surface area contributed by atoms with Gasteiger partial charge in [-0.3, -0.25) is 0 Å². The molecule has 2 unspecified atom stereocenters. The zero-order valence-corrected chi connectivity index (χ0v) is 11.2. The number of nitrogens with one attached hydrogen (secondary N) is 1. The van der Waals surface area contributed by atoms with Gasteiger partial charge < -0.3 is 10.4 Å². The summed E-state index contributed by atoms with van der Waals surface area (Å²) in [6, 6.07) is 2.37. The molecule has 0 radical (unpaired) electrons. The molecular formula is C14H19F3N2O. The highest BCUT2D eigenvalue weighted by atomic mass is 19.4. The van der Waals surface area contributed by atoms with Crippen LogP contribution in [0.1, 0.15) is 31.2 Å². The second-order valence-electron chi connectivity index (χ2n) is 5.30. The molecule has 0 amide bonds. The molecule has 0 aromatic carbocycles. The van der Waals surface area contributed by atoms with E-state index in [4.69, 9.17) is 0 Å². The van der Waals surface area contributed by atoms with E-state index in [9.17, 15) is 18.3 Å². The first-order chi connectivity index (χ1) is 9.50. The fourth-order valence-electron chi connectivity index (χ4n) is 2.70. The molecule has 1 aliphatic rings. The average Bonchev–Trinajstić information content (AvgIpc) is 2.45. The molecule has 1 aromatic rings. The van der Waals surface area contributed by atoms with E-state index < -0.39 is 11.7 Å². The van der Waals surface area contributed by atoms with Gasteiger partial charge >= 0.3 is 6.18 Å². The van der Waals surface area contributed by atoms with Crippen molar-refractivity contribution < 1.29 is 18.3 Å². The number of pyridine rings is 1. The van der Waals surface area contributed by atoms with E-state index in [1.165, 1.54) is 6.07 Å². The highest BCUT2D eigenvalue weighted by Gasteiger charge is 2.30. The summed E-state index contributed by atoms with van der Waals surface area (Å²) < 4.78 is 37.2. The molecule has 20 heavy (non-hydrogen) atoms. The molecule has 1 fully saturated rings. The summed E-state index contributed by atoms with van der Waals surface area (Å²) in [4.78, 5) is 3.79. The average molecular weight is 288 g/mol. The third-order valence-electron chi connectivity index (χ3n) is 3.94. The molecule has 1 saturated carbocycles. The van der Waals surface area contributed by atoms with Gasteiger partial charge in [0, 0.05) is 19.3 Å². The Balaban J connectivity index is 1.90. The number of hydrogen-bond donors (Lipinski definition) is 2. The topological polar surface area (TPSA) is 45.1 Å². The summed E-state index contributed by atoms with van der Waals surface area (Å²) in [6.07, 6.45) is 0.829. The fraction of sp³-hybridized carbons (Fsp3) is 0.643. The van der Waals surface area contributed by atoms with Gasteiger partial charge in [-0.1, -0.05) is 12.8 Å². The molecule has 2 rings (SSSR count). The molecule has 0 spiro atoms. The van der Waals surface area contributed by atoms with Gasteiger partial charge in [0.15, 0.2) is 0 Å². The predicted molar refractivity (Wildman–Crippen MR) is 70.3 cm³/mol. The van der Waals surface area contributed by atoms with Crippen LogP contribution in [-0.2, 0) is 6.18 Å². The summed E-state index contributed by atoms with van der Waals surface area (Å²) in [5.41, 5.74) is -0.742. The number of aromatic nitrogens is 1. The molecule has 2 atom stereocenters. The van der Waals surface area contributed by atoms with Crippen molar-refractivity contribution in [3.63, 3.8) is 0 Å². The minimum absolute atomic E-state index is 0.173. The number of aliphatic hydroxyl groups excluding tert-OH is 1. The largest absolute Gasteiger partial charge is 0.417 e. The monoisotopic (exact) mass is 288 g/mol. The third kappa shape index (κ3) is 3.85. The minimum atomic E-state index is -4.35. The standard InChI is InChI=1S/C14H19F3N2O/c15-14(16,17)12-5-6-13(19-8-12)18-7-10-3-1-2-4-11(10)9-20/h5-6,8,10-11,20H,1-4,7,9H2,(H,18,19). The van der Waals surface area contributed by atoms with Gasteiger partial charge in [0.2, 0.25) is 0 Å². The maximum atomic E-state index is 12.4. The SMILES string of the molecule is OCC1CCCCC1CNc1ccc(C(F)(F)F)cn1. The Hall–Kier alpha value is -1.30. The van der Waals surface area contributed by atoms with E-state index in [2.05, 4.69) is 10.3 Å². The highest BCUT2D eigenvalue weighted by molar-refractivity contribution is 5.36. The zero-order chi connectivity index (χ0) is 14.6. The van der Waals surface area contributed by atoms with Crippen LogP contribution in [0.25, 0.3) is 0 Å². The van der Waals surface area contributed by atoms with E-state index in [1.54, 1.807) is 0 Å². The van der Waals surface area contributed by atoms with E-state index >= 15 is 0 Å². The molecule has 112 valence electrons. The molecule has 0 saturated heterocycles. The van der Waals surface area contributed by atoms with Crippen molar-refractivity contribution in [3.8, 4) is 0 Å². The molecule has 2 N–H and O–H groups in total. The van der Waals surface area contributed by atoms with Crippen molar-refractivity contribution in [2.45, 2.75) is 31.9 Å². The zero-order valence-electron chi connectivity index (χ0n) is 11.2. The molecule has 1 aromatic heterocycles. The first kappa shape index (κ1) is 15.1. The van der Waals surface area contributed by atoms with E-state index in [-0.39, 0.29) is 12.5 Å². The number of rotatable bonds is 4. The summed E-state index contributed by atoms with van der Waals surface area (Å²) in [7, 11) is 0. The molecule has 1 aliphatic carbocycles. The van der Waals surface area contributed by atoms with Crippen LogP contribution in [0.15, 0.2) is 18.3 Å². The van der Waals surface area contributed by atoms with Crippen molar-refractivity contribution in [2.75, 3.05) is 18.5 Å². The van der Waals surface area contributed by atoms with Crippen molar-refractivity contribution in [3.05, 3.63) is 23.9 Å². The van der Waals surface area contributed by atoms with Crippen LogP contribution in [0, 0.1) is 11.8 Å². The molecule has 1 heterocycles. The Labute approximate surface area is 116 Å². The fourth-order valence-corrected chi connectivity index (χ4v) is 2.70. The van der Waals surface area contributed by atoms with Gasteiger partial charge in [0.25, 0.3) is 0 Å². The lowest BCUT2D eigenvalue weighted by Gasteiger charge is -2.30. The van der Waals surface area contributed by atoms with Crippen molar-refractivity contribution in [1.29, 1.82) is 0 Å². The highest BCUT2D eigenvalue weighted by Crippen LogP contribution is 2.31. The second kappa shape index (κ2) is 6.43. The lowest BCUT2D eigenvalue weighted by atomic mass is 9.79. The number of anilines is 1. The van der Waals surface area contributed by atoms with E-state index in [1.807, 2.05) is 0 Å². The van der Waals surface area contributed by atoms with E-state index in [0.717, 1.165) is 37.9 Å². The summed E-state index contributed by atoms with van der Waals surface area (Å²) in [5, 5.41) is 12.4. The Morgan fingerprint density at radius 1 is 1.20 bits per heavy atom. The lowest BCUT2D eigenvalue weighted by Crippen LogP contribution is -2.28. The Morgan fingerprint density at radius 2 is 1.90 bits per heavy atom. The van der Waals surface area contributed by atoms with Gasteiger partial charge in [-0.05, 0) is 36.8 Å². The van der Waals surface area contributed by atoms with Crippen LogP contribution in [-0.4, -0.2) is 23.2 Å². The number of halogens is 3. The normalized spacial score (nSPS) is 23.6. The maximum Gasteiger partial charge on any atom is 0.417 e. The summed E-state index contributed by atoms with van der Waals surface area (Å²) in [5.74, 6) is 1.09. The number of nitrogens with zero attached hydrogens (tertiary/aromatic N) is 1. The van der Waals surface area contributed by atoms with Gasteiger partial charge in [0.1, 0.15) is 5.82 Å². The molecule has 6 heteroatoms. The molecule has 0 aliphatic heterocycles. The van der Waals surface area contributed by atoms with Gasteiger partial charge in [-0.15, -0.1) is 0 Å². The van der Waals surface area contributed by atoms with Crippen LogP contribution in [0.3, 0.4) is 0 Å². The molecule has 0 bridgehead atoms. The van der Waals surface area contributed by atoms with Gasteiger partial charge in [-0.25, -0.2) is 4.98 Å². The number of hydrogen-bond acceptors (Lipinski definition) is 3. The molecule has 3 nitrogen and oxygen atoms in total. The minimum Gasteiger partial charge on any atom is -0.396 e. The van der Waals surface area contributed by atoms with Crippen LogP contribution in [0.2, 0.25) is 0 Å². The Kier molecular flexibility index (Phi) is 4.86. The Bertz CT molecular complexity index is 419. The Morgan fingerprint density at radius 3 is 2.45 bits per heavy atom. The maximum absolute atomic E-state index is 12.4. The van der Waals surface area contributed by atoms with Crippen LogP contribution in [0.5, 0.6) is 0 Å².